The Kier molecular flexibility index (Phi) is 2.17. The molecule has 0 amide bonds. The molecule has 112 valence electrons. The van der Waals surface area contributed by atoms with E-state index in [1.807, 2.05) is 24.3 Å². The van der Waals surface area contributed by atoms with Gasteiger partial charge in [-0.2, -0.15) is 0 Å². The minimum Gasteiger partial charge on any atom is -0.506 e. The lowest BCUT2D eigenvalue weighted by molar-refractivity contribution is 0.421. The van der Waals surface area contributed by atoms with Crippen LogP contribution in [-0.2, 0) is 0 Å². The van der Waals surface area contributed by atoms with Crippen molar-refractivity contribution in [3.63, 3.8) is 0 Å². The molecule has 0 spiro atoms. The number of nitrogens with zero attached hydrogens (tertiary/aromatic N) is 1. The van der Waals surface area contributed by atoms with Crippen LogP contribution in [0.2, 0.25) is 0 Å². The fourth-order valence-electron chi connectivity index (χ4n) is 3.88. The molecule has 0 bridgehead atoms. The minimum atomic E-state index is -0.481. The van der Waals surface area contributed by atoms with E-state index in [-0.39, 0.29) is 0 Å². The first kappa shape index (κ1) is 12.3. The van der Waals surface area contributed by atoms with E-state index in [2.05, 4.69) is 53.3 Å². The Morgan fingerprint density at radius 3 is 1.54 bits per heavy atom. The first-order valence-electron chi connectivity index (χ1n) is 8.06. The topological polar surface area (TPSA) is 21.7 Å². The van der Waals surface area contributed by atoms with Gasteiger partial charge in [0.25, 0.3) is 0 Å². The van der Waals surface area contributed by atoms with Crippen LogP contribution in [0.25, 0.3) is 21.5 Å². The number of benzene rings is 4. The molecule has 0 aliphatic carbocycles. The van der Waals surface area contributed by atoms with Crippen molar-refractivity contribution in [2.75, 3.05) is 4.81 Å². The van der Waals surface area contributed by atoms with Gasteiger partial charge in [0.05, 0.1) is 0 Å². The van der Waals surface area contributed by atoms with Crippen molar-refractivity contribution in [2.24, 2.45) is 0 Å². The summed E-state index contributed by atoms with van der Waals surface area (Å²) in [6.07, 6.45) is 0. The van der Waals surface area contributed by atoms with Crippen LogP contribution in [0.1, 0.15) is 0 Å². The second-order valence-corrected chi connectivity index (χ2v) is 6.18. The zero-order chi connectivity index (χ0) is 15.7. The van der Waals surface area contributed by atoms with Crippen LogP contribution < -0.4 is 14.1 Å². The van der Waals surface area contributed by atoms with Crippen LogP contribution >= 0.6 is 0 Å². The Bertz CT molecular complexity index is 1040. The highest BCUT2D eigenvalue weighted by Gasteiger charge is 2.44. The maximum Gasteiger partial charge on any atom is 0.743 e. The second-order valence-electron chi connectivity index (χ2n) is 6.18. The van der Waals surface area contributed by atoms with Crippen molar-refractivity contribution in [3.05, 3.63) is 72.8 Å². The van der Waals surface area contributed by atoms with Crippen molar-refractivity contribution in [1.29, 1.82) is 0 Å². The molecule has 6 rings (SSSR count). The standard InChI is InChI=1S/C20H12BNO2/c1-5-13-7-3-11-17-19(13)15(9-1)22-16-10-2-6-14-8-4-12-18(20(14)16)24-21(22)23-17/h1-12H. The van der Waals surface area contributed by atoms with E-state index in [0.717, 1.165) is 33.6 Å². The normalized spacial score (nSPS) is 14.3. The third-order valence-corrected chi connectivity index (χ3v) is 4.87. The highest BCUT2D eigenvalue weighted by molar-refractivity contribution is 6.57. The first-order chi connectivity index (χ1) is 11.9. The summed E-state index contributed by atoms with van der Waals surface area (Å²) in [4.78, 5) is 2.16. The molecule has 0 atom stereocenters. The molecule has 0 fully saturated rings. The fraction of sp³-hybridized carbons (Fsp3) is 0. The predicted molar refractivity (Wildman–Crippen MR) is 97.0 cm³/mol. The summed E-state index contributed by atoms with van der Waals surface area (Å²) in [5.41, 5.74) is 2.25. The highest BCUT2D eigenvalue weighted by atomic mass is 16.6. The van der Waals surface area contributed by atoms with E-state index in [4.69, 9.17) is 9.31 Å². The number of fused-ring (bicyclic) bond motifs is 3. The zero-order valence-corrected chi connectivity index (χ0v) is 12.8. The highest BCUT2D eigenvalue weighted by Crippen LogP contribution is 2.48. The van der Waals surface area contributed by atoms with Gasteiger partial charge in [0.15, 0.2) is 0 Å². The van der Waals surface area contributed by atoms with Gasteiger partial charge in [-0.05, 0) is 35.0 Å². The average Bonchev–Trinajstić information content (AvgIpc) is 2.62. The number of anilines is 2. The molecule has 0 aromatic heterocycles. The van der Waals surface area contributed by atoms with Crippen LogP contribution in [0, 0.1) is 0 Å². The molecular weight excluding hydrogens is 297 g/mol. The van der Waals surface area contributed by atoms with Crippen LogP contribution in [0.5, 0.6) is 11.5 Å². The molecule has 0 saturated carbocycles. The third kappa shape index (κ3) is 1.43. The summed E-state index contributed by atoms with van der Waals surface area (Å²) >= 11 is 0. The molecule has 2 aliphatic heterocycles. The second kappa shape index (κ2) is 4.23. The van der Waals surface area contributed by atoms with Crippen molar-refractivity contribution in [2.45, 2.75) is 0 Å². The van der Waals surface area contributed by atoms with E-state index >= 15 is 0 Å². The smallest absolute Gasteiger partial charge is 0.506 e. The molecule has 4 aromatic carbocycles. The molecule has 3 nitrogen and oxygen atoms in total. The molecule has 4 heteroatoms. The molecule has 0 unspecified atom stereocenters. The predicted octanol–water partition coefficient (Wildman–Crippen LogP) is 4.90. The van der Waals surface area contributed by atoms with Gasteiger partial charge in [-0.1, -0.05) is 48.5 Å². The number of hydrogen-bond donors (Lipinski definition) is 0. The van der Waals surface area contributed by atoms with Gasteiger partial charge in [-0.25, -0.2) is 0 Å². The Morgan fingerprint density at radius 1 is 0.583 bits per heavy atom. The van der Waals surface area contributed by atoms with Gasteiger partial charge in [0, 0.05) is 22.1 Å². The summed E-state index contributed by atoms with van der Waals surface area (Å²) in [7, 11) is -0.481. The summed E-state index contributed by atoms with van der Waals surface area (Å²) in [5.74, 6) is 1.74. The third-order valence-electron chi connectivity index (χ3n) is 4.87. The molecule has 0 N–H and O–H groups in total. The molecule has 2 heterocycles. The largest absolute Gasteiger partial charge is 0.743 e. The van der Waals surface area contributed by atoms with Crippen LogP contribution in [-0.4, -0.2) is 7.25 Å². The summed E-state index contributed by atoms with van der Waals surface area (Å²) < 4.78 is 12.4. The SMILES string of the molecule is c1cc2c3c(cccc3c1)N1B(O2)Oc2cccc3cccc1c23. The Hall–Kier alpha value is -3.14. The average molecular weight is 309 g/mol. The maximum absolute atomic E-state index is 6.20. The molecular formula is C20H12BNO2. The van der Waals surface area contributed by atoms with Gasteiger partial charge in [0.2, 0.25) is 0 Å². The van der Waals surface area contributed by atoms with Crippen LogP contribution in [0.15, 0.2) is 72.8 Å². The van der Waals surface area contributed by atoms with Gasteiger partial charge in [-0.15, -0.1) is 0 Å². The van der Waals surface area contributed by atoms with Crippen molar-refractivity contribution < 1.29 is 9.31 Å². The summed E-state index contributed by atoms with van der Waals surface area (Å²) in [6, 6.07) is 25.0. The van der Waals surface area contributed by atoms with Crippen molar-refractivity contribution in [3.8, 4) is 11.5 Å². The maximum atomic E-state index is 6.20. The monoisotopic (exact) mass is 309 g/mol. The van der Waals surface area contributed by atoms with Crippen molar-refractivity contribution in [1.82, 2.24) is 0 Å². The Morgan fingerprint density at radius 2 is 1.04 bits per heavy atom. The van der Waals surface area contributed by atoms with Gasteiger partial charge in [0.1, 0.15) is 11.5 Å². The molecule has 2 aliphatic rings. The van der Waals surface area contributed by atoms with E-state index in [0.29, 0.717) is 0 Å². The molecule has 24 heavy (non-hydrogen) atoms. The van der Waals surface area contributed by atoms with E-state index in [9.17, 15) is 0 Å². The number of rotatable bonds is 0. The van der Waals surface area contributed by atoms with Crippen LogP contribution in [0.3, 0.4) is 0 Å². The number of hydrogen-bond acceptors (Lipinski definition) is 3. The Labute approximate surface area is 139 Å². The Balaban J connectivity index is 1.74. The summed E-state index contributed by atoms with van der Waals surface area (Å²) in [6.45, 7) is 0. The molecule has 0 radical (unpaired) electrons. The van der Waals surface area contributed by atoms with E-state index < -0.39 is 7.25 Å². The van der Waals surface area contributed by atoms with E-state index in [1.54, 1.807) is 0 Å². The lowest BCUT2D eigenvalue weighted by Crippen LogP contribution is -2.50. The molecule has 4 aromatic rings. The lowest BCUT2D eigenvalue weighted by atomic mass is 9.89. The quantitative estimate of drug-likeness (QED) is 0.431. The van der Waals surface area contributed by atoms with Crippen LogP contribution in [0.4, 0.5) is 11.4 Å². The summed E-state index contributed by atoms with van der Waals surface area (Å²) in [5, 5.41) is 4.62. The van der Waals surface area contributed by atoms with Crippen molar-refractivity contribution >= 4 is 40.2 Å². The minimum absolute atomic E-state index is 0.481. The van der Waals surface area contributed by atoms with E-state index in [1.165, 1.54) is 10.8 Å². The lowest BCUT2D eigenvalue weighted by Gasteiger charge is -2.38. The van der Waals surface area contributed by atoms with Gasteiger partial charge in [-0.3, -0.25) is 0 Å². The zero-order valence-electron chi connectivity index (χ0n) is 12.8. The van der Waals surface area contributed by atoms with Gasteiger partial charge < -0.3 is 14.1 Å². The first-order valence-corrected chi connectivity index (χ1v) is 8.06. The van der Waals surface area contributed by atoms with Gasteiger partial charge >= 0.3 is 7.25 Å². The molecule has 0 saturated heterocycles. The fourth-order valence-corrected chi connectivity index (χ4v) is 3.88.